The molecule has 1 N–H and O–H groups in total. The first-order chi connectivity index (χ1) is 14.9. The van der Waals surface area contributed by atoms with E-state index in [9.17, 15) is 9.36 Å². The van der Waals surface area contributed by atoms with Crippen molar-refractivity contribution in [2.24, 2.45) is 0 Å². The molecule has 3 rings (SSSR count). The molecule has 0 radical (unpaired) electrons. The molecule has 0 heterocycles. The molecule has 4 nitrogen and oxygen atoms in total. The Bertz CT molecular complexity index is 1110. The van der Waals surface area contributed by atoms with Crippen LogP contribution in [-0.4, -0.2) is 12.5 Å². The van der Waals surface area contributed by atoms with E-state index < -0.39 is 13.3 Å². The van der Waals surface area contributed by atoms with Gasteiger partial charge in [0, 0.05) is 20.8 Å². The first-order valence-corrected chi connectivity index (χ1v) is 12.6. The molecule has 3 aromatic carbocycles. The standard InChI is InChI=1S/C23H20Cl2NO3PS/c1-2-29-30(28,19-11-7-4-8-12-19)23(26-22(27)17-9-5-3-6-10-17)21(25)31-20-15-13-18(24)14-16-20/h3-16H,2H2,1H3,(H,26,27)/b23-21-/t30-/m1/s1. The van der Waals surface area contributed by atoms with Crippen molar-refractivity contribution >= 4 is 53.5 Å². The second-order valence-corrected chi connectivity index (χ2v) is 10.8. The Morgan fingerprint density at radius 1 is 0.968 bits per heavy atom. The third-order valence-electron chi connectivity index (χ3n) is 4.18. The molecule has 3 aromatic rings. The average molecular weight is 492 g/mol. The van der Waals surface area contributed by atoms with Gasteiger partial charge in [0.1, 0.15) is 9.80 Å². The van der Waals surface area contributed by atoms with E-state index in [1.165, 1.54) is 0 Å². The molecule has 1 atom stereocenters. The summed E-state index contributed by atoms with van der Waals surface area (Å²) >= 11 is 13.8. The summed E-state index contributed by atoms with van der Waals surface area (Å²) in [6.45, 7) is 1.92. The summed E-state index contributed by atoms with van der Waals surface area (Å²) in [7, 11) is -3.69. The van der Waals surface area contributed by atoms with Gasteiger partial charge in [-0.3, -0.25) is 9.36 Å². The molecule has 0 spiro atoms. The number of halogens is 2. The fourth-order valence-corrected chi connectivity index (χ4v) is 6.58. The molecule has 0 aromatic heterocycles. The quantitative estimate of drug-likeness (QED) is 0.276. The van der Waals surface area contributed by atoms with Crippen LogP contribution < -0.4 is 10.6 Å². The van der Waals surface area contributed by atoms with E-state index in [0.29, 0.717) is 15.9 Å². The number of hydrogen-bond acceptors (Lipinski definition) is 4. The molecule has 0 unspecified atom stereocenters. The van der Waals surface area contributed by atoms with Crippen LogP contribution in [0.2, 0.25) is 5.02 Å². The van der Waals surface area contributed by atoms with Crippen LogP contribution in [0.5, 0.6) is 0 Å². The summed E-state index contributed by atoms with van der Waals surface area (Å²) in [6, 6.07) is 24.4. The minimum Gasteiger partial charge on any atom is -0.321 e. The van der Waals surface area contributed by atoms with Gasteiger partial charge in [0.25, 0.3) is 13.3 Å². The lowest BCUT2D eigenvalue weighted by molar-refractivity contribution is 0.0967. The summed E-state index contributed by atoms with van der Waals surface area (Å²) < 4.78 is 20.1. The van der Waals surface area contributed by atoms with Crippen molar-refractivity contribution in [3.63, 3.8) is 0 Å². The smallest absolute Gasteiger partial charge is 0.279 e. The maximum atomic E-state index is 14.2. The number of rotatable bonds is 8. The fourth-order valence-electron chi connectivity index (χ4n) is 2.74. The van der Waals surface area contributed by atoms with Crippen molar-refractivity contribution in [1.29, 1.82) is 0 Å². The van der Waals surface area contributed by atoms with Gasteiger partial charge in [-0.15, -0.1) is 0 Å². The average Bonchev–Trinajstić information content (AvgIpc) is 2.80. The summed E-state index contributed by atoms with van der Waals surface area (Å²) in [5.41, 5.74) is 0.452. The van der Waals surface area contributed by atoms with Gasteiger partial charge in [0.2, 0.25) is 0 Å². The third kappa shape index (κ3) is 6.03. The highest BCUT2D eigenvalue weighted by Gasteiger charge is 2.35. The van der Waals surface area contributed by atoms with Gasteiger partial charge in [-0.05, 0) is 55.5 Å². The van der Waals surface area contributed by atoms with Crippen LogP contribution in [0, 0.1) is 0 Å². The van der Waals surface area contributed by atoms with Gasteiger partial charge in [-0.2, -0.15) is 0 Å². The van der Waals surface area contributed by atoms with Gasteiger partial charge in [-0.1, -0.05) is 71.4 Å². The van der Waals surface area contributed by atoms with Crippen LogP contribution in [-0.2, 0) is 9.09 Å². The molecule has 0 aliphatic heterocycles. The Morgan fingerprint density at radius 2 is 1.55 bits per heavy atom. The first-order valence-electron chi connectivity index (χ1n) is 9.44. The minimum absolute atomic E-state index is 0.0380. The molecule has 0 saturated heterocycles. The summed E-state index contributed by atoms with van der Waals surface area (Å²) in [6.07, 6.45) is 0. The Morgan fingerprint density at radius 3 is 2.13 bits per heavy atom. The molecule has 0 aliphatic rings. The van der Waals surface area contributed by atoms with Crippen molar-refractivity contribution < 1.29 is 13.9 Å². The van der Waals surface area contributed by atoms with E-state index in [0.717, 1.165) is 16.7 Å². The zero-order valence-corrected chi connectivity index (χ0v) is 19.8. The molecule has 0 fully saturated rings. The van der Waals surface area contributed by atoms with Crippen molar-refractivity contribution in [1.82, 2.24) is 5.32 Å². The van der Waals surface area contributed by atoms with Crippen LogP contribution in [0.1, 0.15) is 17.3 Å². The summed E-state index contributed by atoms with van der Waals surface area (Å²) in [5, 5.41) is 3.79. The second kappa shape index (κ2) is 11.0. The lowest BCUT2D eigenvalue weighted by Crippen LogP contribution is -2.26. The number of thioether (sulfide) groups is 1. The molecule has 31 heavy (non-hydrogen) atoms. The molecule has 0 bridgehead atoms. The zero-order chi connectivity index (χ0) is 22.3. The van der Waals surface area contributed by atoms with E-state index in [-0.39, 0.29) is 16.4 Å². The fraction of sp³-hybridized carbons (Fsp3) is 0.0870. The highest BCUT2D eigenvalue weighted by Crippen LogP contribution is 2.56. The first kappa shape index (κ1) is 23.6. The lowest BCUT2D eigenvalue weighted by Gasteiger charge is -2.23. The Kier molecular flexibility index (Phi) is 8.42. The van der Waals surface area contributed by atoms with E-state index >= 15 is 0 Å². The normalized spacial score (nSPS) is 13.8. The molecule has 1 amide bonds. The van der Waals surface area contributed by atoms with Gasteiger partial charge in [0.15, 0.2) is 0 Å². The maximum Gasteiger partial charge on any atom is 0.279 e. The van der Waals surface area contributed by atoms with Crippen molar-refractivity contribution in [3.05, 3.63) is 105 Å². The van der Waals surface area contributed by atoms with E-state index in [4.69, 9.17) is 27.7 Å². The van der Waals surface area contributed by atoms with E-state index in [2.05, 4.69) is 5.32 Å². The third-order valence-corrected chi connectivity index (χ3v) is 8.55. The largest absolute Gasteiger partial charge is 0.321 e. The summed E-state index contributed by atoms with van der Waals surface area (Å²) in [5.74, 6) is -0.429. The van der Waals surface area contributed by atoms with Gasteiger partial charge < -0.3 is 9.84 Å². The molecular weight excluding hydrogens is 472 g/mol. The molecular formula is C23H20Cl2NO3PS. The topological polar surface area (TPSA) is 55.4 Å². The number of carbonyl (C=O) groups is 1. The van der Waals surface area contributed by atoms with Gasteiger partial charge in [0.05, 0.1) is 6.61 Å². The molecule has 160 valence electrons. The molecule has 0 aliphatic carbocycles. The highest BCUT2D eigenvalue weighted by molar-refractivity contribution is 8.05. The Labute approximate surface area is 196 Å². The van der Waals surface area contributed by atoms with Crippen LogP contribution in [0.4, 0.5) is 0 Å². The van der Waals surface area contributed by atoms with E-state index in [1.807, 2.05) is 12.1 Å². The Hall–Kier alpha value is -2.01. The van der Waals surface area contributed by atoms with Crippen LogP contribution in [0.15, 0.2) is 99.6 Å². The predicted molar refractivity (Wildman–Crippen MR) is 129 cm³/mol. The van der Waals surface area contributed by atoms with E-state index in [1.54, 1.807) is 79.7 Å². The van der Waals surface area contributed by atoms with Crippen LogP contribution >= 0.6 is 42.3 Å². The lowest BCUT2D eigenvalue weighted by atomic mass is 10.2. The number of carbonyl (C=O) groups excluding carboxylic acids is 1. The Balaban J connectivity index is 2.08. The monoisotopic (exact) mass is 491 g/mol. The van der Waals surface area contributed by atoms with Crippen molar-refractivity contribution in [2.75, 3.05) is 6.61 Å². The number of benzene rings is 3. The van der Waals surface area contributed by atoms with Crippen LogP contribution in [0.25, 0.3) is 0 Å². The SMILES string of the molecule is CCO[P@@](=O)(/C(NC(=O)c1ccccc1)=C(/Cl)Sc1ccc(Cl)cc1)c1ccccc1. The zero-order valence-electron chi connectivity index (χ0n) is 16.6. The van der Waals surface area contributed by atoms with Crippen molar-refractivity contribution in [3.8, 4) is 0 Å². The van der Waals surface area contributed by atoms with Crippen molar-refractivity contribution in [2.45, 2.75) is 11.8 Å². The number of nitrogens with one attached hydrogen (secondary N) is 1. The van der Waals surface area contributed by atoms with Crippen LogP contribution in [0.3, 0.4) is 0 Å². The molecule has 8 heteroatoms. The number of hydrogen-bond donors (Lipinski definition) is 1. The maximum absolute atomic E-state index is 14.2. The minimum atomic E-state index is -3.69. The van der Waals surface area contributed by atoms with Gasteiger partial charge >= 0.3 is 0 Å². The predicted octanol–water partition coefficient (Wildman–Crippen LogP) is 6.87. The summed E-state index contributed by atoms with van der Waals surface area (Å²) in [4.78, 5) is 13.7. The molecule has 0 saturated carbocycles. The highest BCUT2D eigenvalue weighted by atomic mass is 35.5. The second-order valence-electron chi connectivity index (χ2n) is 6.30. The van der Waals surface area contributed by atoms with Gasteiger partial charge in [-0.25, -0.2) is 0 Å². The number of amides is 1.